The molecule has 2 rings (SSSR count). The second kappa shape index (κ2) is 7.41. The van der Waals surface area contributed by atoms with Gasteiger partial charge in [-0.15, -0.1) is 0 Å². The number of hydrogen-bond acceptors (Lipinski definition) is 4. The van der Waals surface area contributed by atoms with Gasteiger partial charge in [0.15, 0.2) is 0 Å². The number of carbonyl (C=O) groups is 1. The van der Waals surface area contributed by atoms with E-state index in [1.807, 2.05) is 13.8 Å². The molecule has 0 bridgehead atoms. The Hall–Kier alpha value is -1.62. The summed E-state index contributed by atoms with van der Waals surface area (Å²) < 4.78 is 5.64. The molecule has 3 atom stereocenters. The first kappa shape index (κ1) is 15.8. The Bertz CT molecular complexity index is 478. The molecule has 0 aromatic carbocycles. The molecule has 1 aromatic heterocycles. The van der Waals surface area contributed by atoms with E-state index < -0.39 is 0 Å². The molecule has 0 radical (unpaired) electrons. The van der Waals surface area contributed by atoms with E-state index in [-0.39, 0.29) is 30.6 Å². The van der Waals surface area contributed by atoms with Gasteiger partial charge >= 0.3 is 0 Å². The number of ether oxygens (including phenoxy) is 1. The molecule has 2 N–H and O–H groups in total. The van der Waals surface area contributed by atoms with Crippen molar-refractivity contribution in [2.45, 2.75) is 51.7 Å². The van der Waals surface area contributed by atoms with Gasteiger partial charge < -0.3 is 15.2 Å². The third-order valence-electron chi connectivity index (χ3n) is 4.10. The number of hydrogen-bond donors (Lipinski definition) is 2. The molecule has 5 nitrogen and oxygen atoms in total. The van der Waals surface area contributed by atoms with Crippen LogP contribution in [0.3, 0.4) is 0 Å². The van der Waals surface area contributed by atoms with E-state index in [1.165, 1.54) is 0 Å². The minimum absolute atomic E-state index is 0.0644. The van der Waals surface area contributed by atoms with Gasteiger partial charge in [-0.1, -0.05) is 13.3 Å². The maximum Gasteiger partial charge on any atom is 0.251 e. The molecule has 1 aliphatic rings. The molecule has 0 unspecified atom stereocenters. The highest BCUT2D eigenvalue weighted by atomic mass is 16.5. The van der Waals surface area contributed by atoms with E-state index in [9.17, 15) is 9.90 Å². The summed E-state index contributed by atoms with van der Waals surface area (Å²) in [5.41, 5.74) is 0.548. The summed E-state index contributed by atoms with van der Waals surface area (Å²) in [6, 6.07) is 3.42. The molecular formula is C16H24N2O3. The van der Waals surface area contributed by atoms with Gasteiger partial charge in [-0.2, -0.15) is 0 Å². The number of pyridine rings is 1. The summed E-state index contributed by atoms with van der Waals surface area (Å²) in [6.45, 7) is 4.14. The summed E-state index contributed by atoms with van der Waals surface area (Å²) in [4.78, 5) is 16.4. The van der Waals surface area contributed by atoms with E-state index in [2.05, 4.69) is 10.3 Å². The Labute approximate surface area is 125 Å². The smallest absolute Gasteiger partial charge is 0.251 e. The fourth-order valence-electron chi connectivity index (χ4n) is 2.60. The SMILES string of the molecule is CC[C@H](C)Oc1cc(C(=O)N[C@H]2CCC[C@@H]2CO)ccn1. The number of aromatic nitrogens is 1. The Morgan fingerprint density at radius 2 is 2.38 bits per heavy atom. The van der Waals surface area contributed by atoms with E-state index in [0.717, 1.165) is 25.7 Å². The predicted octanol–water partition coefficient (Wildman–Crippen LogP) is 2.15. The van der Waals surface area contributed by atoms with Crippen molar-refractivity contribution in [2.75, 3.05) is 6.61 Å². The number of carbonyl (C=O) groups excluding carboxylic acids is 1. The Kier molecular flexibility index (Phi) is 5.56. The number of nitrogens with zero attached hydrogens (tertiary/aromatic N) is 1. The molecule has 1 amide bonds. The van der Waals surface area contributed by atoms with Crippen LogP contribution < -0.4 is 10.1 Å². The fourth-order valence-corrected chi connectivity index (χ4v) is 2.60. The largest absolute Gasteiger partial charge is 0.475 e. The van der Waals surface area contributed by atoms with Gasteiger partial charge in [0.1, 0.15) is 0 Å². The highest BCUT2D eigenvalue weighted by molar-refractivity contribution is 5.94. The van der Waals surface area contributed by atoms with Crippen molar-refractivity contribution in [3.05, 3.63) is 23.9 Å². The van der Waals surface area contributed by atoms with Crippen LogP contribution in [0.15, 0.2) is 18.3 Å². The van der Waals surface area contributed by atoms with Gasteiger partial charge in [-0.25, -0.2) is 4.98 Å². The lowest BCUT2D eigenvalue weighted by atomic mass is 10.0. The second-order valence-electron chi connectivity index (χ2n) is 5.67. The van der Waals surface area contributed by atoms with Crippen LogP contribution in [-0.2, 0) is 0 Å². The van der Waals surface area contributed by atoms with Crippen molar-refractivity contribution >= 4 is 5.91 Å². The van der Waals surface area contributed by atoms with Crippen molar-refractivity contribution in [2.24, 2.45) is 5.92 Å². The third kappa shape index (κ3) is 4.17. The average Bonchev–Trinajstić information content (AvgIpc) is 2.94. The Morgan fingerprint density at radius 3 is 3.10 bits per heavy atom. The van der Waals surface area contributed by atoms with Gasteiger partial charge in [0.25, 0.3) is 5.91 Å². The Morgan fingerprint density at radius 1 is 1.57 bits per heavy atom. The molecular weight excluding hydrogens is 268 g/mol. The molecule has 1 fully saturated rings. The predicted molar refractivity (Wildman–Crippen MR) is 80.3 cm³/mol. The quantitative estimate of drug-likeness (QED) is 0.842. The van der Waals surface area contributed by atoms with Crippen LogP contribution in [0.2, 0.25) is 0 Å². The molecule has 1 heterocycles. The van der Waals surface area contributed by atoms with Crippen LogP contribution in [0.5, 0.6) is 5.88 Å². The number of aliphatic hydroxyl groups excluding tert-OH is 1. The van der Waals surface area contributed by atoms with Gasteiger partial charge in [-0.05, 0) is 32.3 Å². The normalized spacial score (nSPS) is 22.8. The van der Waals surface area contributed by atoms with Gasteiger partial charge in [0.05, 0.1) is 6.10 Å². The van der Waals surface area contributed by atoms with Crippen LogP contribution in [0.1, 0.15) is 49.9 Å². The second-order valence-corrected chi connectivity index (χ2v) is 5.67. The average molecular weight is 292 g/mol. The van der Waals surface area contributed by atoms with Crippen LogP contribution >= 0.6 is 0 Å². The fraction of sp³-hybridized carbons (Fsp3) is 0.625. The van der Waals surface area contributed by atoms with E-state index in [1.54, 1.807) is 18.3 Å². The zero-order valence-electron chi connectivity index (χ0n) is 12.7. The molecule has 5 heteroatoms. The van der Waals surface area contributed by atoms with Gasteiger partial charge in [-0.3, -0.25) is 4.79 Å². The minimum atomic E-state index is -0.128. The zero-order chi connectivity index (χ0) is 15.2. The molecule has 0 aliphatic heterocycles. The number of aliphatic hydroxyl groups is 1. The molecule has 116 valence electrons. The number of rotatable bonds is 6. The molecule has 1 saturated carbocycles. The summed E-state index contributed by atoms with van der Waals surface area (Å²) in [5.74, 6) is 0.519. The first-order valence-corrected chi connectivity index (χ1v) is 7.68. The standard InChI is InChI=1S/C16H24N2O3/c1-3-11(2)21-15-9-12(7-8-17-15)16(20)18-14-6-4-5-13(14)10-19/h7-9,11,13-14,19H,3-6,10H2,1-2H3,(H,18,20)/t11-,13+,14-/m0/s1. The first-order valence-electron chi connectivity index (χ1n) is 7.68. The Balaban J connectivity index is 2.00. The summed E-state index contributed by atoms with van der Waals surface area (Å²) in [7, 11) is 0. The topological polar surface area (TPSA) is 71.5 Å². The van der Waals surface area contributed by atoms with E-state index in [0.29, 0.717) is 11.4 Å². The zero-order valence-corrected chi connectivity index (χ0v) is 12.7. The highest BCUT2D eigenvalue weighted by Gasteiger charge is 2.28. The monoisotopic (exact) mass is 292 g/mol. The molecule has 1 aromatic rings. The van der Waals surface area contributed by atoms with Crippen molar-refractivity contribution in [1.29, 1.82) is 0 Å². The molecule has 0 spiro atoms. The lowest BCUT2D eigenvalue weighted by Crippen LogP contribution is -2.38. The van der Waals surface area contributed by atoms with Crippen LogP contribution in [0.4, 0.5) is 0 Å². The van der Waals surface area contributed by atoms with Gasteiger partial charge in [0.2, 0.25) is 5.88 Å². The van der Waals surface area contributed by atoms with E-state index in [4.69, 9.17) is 4.74 Å². The number of nitrogens with one attached hydrogen (secondary N) is 1. The number of amides is 1. The summed E-state index contributed by atoms with van der Waals surface area (Å²) in [6.07, 6.45) is 5.50. The maximum atomic E-state index is 12.3. The van der Waals surface area contributed by atoms with E-state index >= 15 is 0 Å². The van der Waals surface area contributed by atoms with Gasteiger partial charge in [0, 0.05) is 36.4 Å². The summed E-state index contributed by atoms with van der Waals surface area (Å²) >= 11 is 0. The third-order valence-corrected chi connectivity index (χ3v) is 4.10. The lowest BCUT2D eigenvalue weighted by Gasteiger charge is -2.19. The molecule has 1 aliphatic carbocycles. The highest BCUT2D eigenvalue weighted by Crippen LogP contribution is 2.25. The van der Waals surface area contributed by atoms with Crippen molar-refractivity contribution in [3.63, 3.8) is 0 Å². The maximum absolute atomic E-state index is 12.3. The van der Waals surface area contributed by atoms with Crippen LogP contribution in [0.25, 0.3) is 0 Å². The first-order chi connectivity index (χ1) is 10.1. The molecule has 0 saturated heterocycles. The van der Waals surface area contributed by atoms with Crippen molar-refractivity contribution < 1.29 is 14.6 Å². The minimum Gasteiger partial charge on any atom is -0.475 e. The van der Waals surface area contributed by atoms with Crippen LogP contribution in [0, 0.1) is 5.92 Å². The van der Waals surface area contributed by atoms with Crippen LogP contribution in [-0.4, -0.2) is 34.8 Å². The van der Waals surface area contributed by atoms with Crippen molar-refractivity contribution in [1.82, 2.24) is 10.3 Å². The molecule has 21 heavy (non-hydrogen) atoms. The summed E-state index contributed by atoms with van der Waals surface area (Å²) in [5, 5.41) is 12.3. The van der Waals surface area contributed by atoms with Crippen molar-refractivity contribution in [3.8, 4) is 5.88 Å². The lowest BCUT2D eigenvalue weighted by molar-refractivity contribution is 0.0915.